The van der Waals surface area contributed by atoms with Crippen molar-refractivity contribution in [2.75, 3.05) is 0 Å². The molecule has 0 aromatic rings. The summed E-state index contributed by atoms with van der Waals surface area (Å²) in [5.41, 5.74) is 0. The van der Waals surface area contributed by atoms with E-state index in [9.17, 15) is 0 Å². The van der Waals surface area contributed by atoms with E-state index in [-0.39, 0.29) is 0 Å². The first-order chi connectivity index (χ1) is 6.60. The van der Waals surface area contributed by atoms with Gasteiger partial charge in [-0.3, -0.25) is 0 Å². The third kappa shape index (κ3) is 7.37. The van der Waals surface area contributed by atoms with Crippen molar-refractivity contribution >= 4 is 0 Å². The maximum Gasteiger partial charge on any atom is 0.00437 e. The van der Waals surface area contributed by atoms with E-state index in [1.54, 1.807) is 0 Å². The van der Waals surface area contributed by atoms with Crippen molar-refractivity contribution in [2.24, 2.45) is 5.92 Å². The normalized spacial score (nSPS) is 17.8. The molecule has 0 aliphatic rings. The highest BCUT2D eigenvalue weighted by molar-refractivity contribution is 4.69. The highest BCUT2D eigenvalue weighted by Crippen LogP contribution is 2.10. The Morgan fingerprint density at radius 3 is 2.14 bits per heavy atom. The Morgan fingerprint density at radius 2 is 1.64 bits per heavy atom. The molecule has 0 aliphatic heterocycles. The van der Waals surface area contributed by atoms with Crippen molar-refractivity contribution in [3.63, 3.8) is 0 Å². The summed E-state index contributed by atoms with van der Waals surface area (Å²) in [7, 11) is 0. The molecule has 0 amide bonds. The van der Waals surface area contributed by atoms with Crippen LogP contribution in [0.4, 0.5) is 0 Å². The smallest absolute Gasteiger partial charge is 0.00437 e. The lowest BCUT2D eigenvalue weighted by Crippen LogP contribution is -2.35. The average molecular weight is 199 g/mol. The monoisotopic (exact) mass is 199 g/mol. The molecule has 0 spiro atoms. The SMILES string of the molecule is CCCCC(C)NC(C)CC(C)CC. The molecule has 86 valence electrons. The van der Waals surface area contributed by atoms with E-state index in [2.05, 4.69) is 39.9 Å². The van der Waals surface area contributed by atoms with Gasteiger partial charge in [0.1, 0.15) is 0 Å². The average Bonchev–Trinajstić information content (AvgIpc) is 2.14. The first kappa shape index (κ1) is 14.0. The van der Waals surface area contributed by atoms with Gasteiger partial charge in [0.25, 0.3) is 0 Å². The molecule has 0 radical (unpaired) electrons. The highest BCUT2D eigenvalue weighted by atomic mass is 14.9. The molecule has 0 bridgehead atoms. The lowest BCUT2D eigenvalue weighted by molar-refractivity contribution is 0.369. The van der Waals surface area contributed by atoms with Gasteiger partial charge in [-0.05, 0) is 32.6 Å². The maximum absolute atomic E-state index is 3.68. The fourth-order valence-electron chi connectivity index (χ4n) is 1.92. The van der Waals surface area contributed by atoms with Crippen LogP contribution >= 0.6 is 0 Å². The van der Waals surface area contributed by atoms with E-state index in [1.165, 1.54) is 32.1 Å². The Bertz CT molecular complexity index is 122. The number of rotatable bonds is 8. The number of nitrogens with one attached hydrogen (secondary N) is 1. The summed E-state index contributed by atoms with van der Waals surface area (Å²) in [4.78, 5) is 0. The Morgan fingerprint density at radius 1 is 1.00 bits per heavy atom. The summed E-state index contributed by atoms with van der Waals surface area (Å²) in [6, 6.07) is 1.37. The quantitative estimate of drug-likeness (QED) is 0.623. The van der Waals surface area contributed by atoms with Crippen LogP contribution in [0, 0.1) is 5.92 Å². The summed E-state index contributed by atoms with van der Waals surface area (Å²) in [5.74, 6) is 0.857. The second-order valence-electron chi connectivity index (χ2n) is 4.86. The first-order valence-corrected chi connectivity index (χ1v) is 6.36. The number of unbranched alkanes of at least 4 members (excludes halogenated alkanes) is 1. The topological polar surface area (TPSA) is 12.0 Å². The minimum Gasteiger partial charge on any atom is -0.312 e. The Labute approximate surface area is 90.7 Å². The molecular weight excluding hydrogens is 170 g/mol. The zero-order valence-electron chi connectivity index (χ0n) is 10.8. The Kier molecular flexibility index (Phi) is 8.26. The third-order valence-corrected chi connectivity index (χ3v) is 3.01. The van der Waals surface area contributed by atoms with Crippen molar-refractivity contribution in [3.8, 4) is 0 Å². The minimum absolute atomic E-state index is 0.678. The van der Waals surface area contributed by atoms with Crippen LogP contribution in [0.5, 0.6) is 0 Å². The fourth-order valence-corrected chi connectivity index (χ4v) is 1.92. The van der Waals surface area contributed by atoms with E-state index in [0.29, 0.717) is 12.1 Å². The molecule has 0 aliphatic carbocycles. The molecule has 0 fully saturated rings. The van der Waals surface area contributed by atoms with Gasteiger partial charge in [-0.1, -0.05) is 40.0 Å². The molecule has 0 aromatic heterocycles. The zero-order valence-corrected chi connectivity index (χ0v) is 10.8. The Balaban J connectivity index is 3.54. The molecule has 1 heteroatoms. The second-order valence-corrected chi connectivity index (χ2v) is 4.86. The highest BCUT2D eigenvalue weighted by Gasteiger charge is 2.09. The molecule has 0 heterocycles. The van der Waals surface area contributed by atoms with E-state index in [1.807, 2.05) is 0 Å². The van der Waals surface area contributed by atoms with Crippen LogP contribution in [-0.4, -0.2) is 12.1 Å². The van der Waals surface area contributed by atoms with Gasteiger partial charge in [0, 0.05) is 12.1 Å². The molecule has 0 aromatic carbocycles. The fraction of sp³-hybridized carbons (Fsp3) is 1.00. The molecule has 14 heavy (non-hydrogen) atoms. The van der Waals surface area contributed by atoms with Gasteiger partial charge in [0.2, 0.25) is 0 Å². The van der Waals surface area contributed by atoms with Crippen molar-refractivity contribution in [3.05, 3.63) is 0 Å². The van der Waals surface area contributed by atoms with Gasteiger partial charge in [-0.15, -0.1) is 0 Å². The maximum atomic E-state index is 3.68. The van der Waals surface area contributed by atoms with E-state index in [4.69, 9.17) is 0 Å². The van der Waals surface area contributed by atoms with Crippen molar-refractivity contribution < 1.29 is 0 Å². The van der Waals surface area contributed by atoms with Crippen LogP contribution in [0.15, 0.2) is 0 Å². The van der Waals surface area contributed by atoms with Gasteiger partial charge < -0.3 is 5.32 Å². The van der Waals surface area contributed by atoms with Gasteiger partial charge >= 0.3 is 0 Å². The summed E-state index contributed by atoms with van der Waals surface area (Å²) < 4.78 is 0. The lowest BCUT2D eigenvalue weighted by Gasteiger charge is -2.22. The molecular formula is C13H29N. The number of hydrogen-bond acceptors (Lipinski definition) is 1. The predicted octanol–water partition coefficient (Wildman–Crippen LogP) is 3.98. The number of hydrogen-bond donors (Lipinski definition) is 1. The van der Waals surface area contributed by atoms with Crippen molar-refractivity contribution in [1.82, 2.24) is 5.32 Å². The van der Waals surface area contributed by atoms with Gasteiger partial charge in [-0.25, -0.2) is 0 Å². The van der Waals surface area contributed by atoms with Crippen LogP contribution in [0.25, 0.3) is 0 Å². The molecule has 3 atom stereocenters. The molecule has 1 nitrogen and oxygen atoms in total. The molecule has 0 rings (SSSR count). The van der Waals surface area contributed by atoms with Gasteiger partial charge in [-0.2, -0.15) is 0 Å². The molecule has 0 saturated carbocycles. The van der Waals surface area contributed by atoms with E-state index < -0.39 is 0 Å². The largest absolute Gasteiger partial charge is 0.312 e. The van der Waals surface area contributed by atoms with E-state index >= 15 is 0 Å². The zero-order chi connectivity index (χ0) is 11.0. The van der Waals surface area contributed by atoms with E-state index in [0.717, 1.165) is 5.92 Å². The Hall–Kier alpha value is -0.0400. The first-order valence-electron chi connectivity index (χ1n) is 6.36. The lowest BCUT2D eigenvalue weighted by atomic mass is 9.99. The standard InChI is InChI=1S/C13H29N/c1-6-8-9-12(4)14-13(5)10-11(3)7-2/h11-14H,6-10H2,1-5H3. The van der Waals surface area contributed by atoms with Gasteiger partial charge in [0.05, 0.1) is 0 Å². The summed E-state index contributed by atoms with van der Waals surface area (Å²) in [5, 5.41) is 3.68. The van der Waals surface area contributed by atoms with Crippen molar-refractivity contribution in [2.45, 2.75) is 78.8 Å². The van der Waals surface area contributed by atoms with Crippen LogP contribution < -0.4 is 5.32 Å². The summed E-state index contributed by atoms with van der Waals surface area (Å²) in [6.07, 6.45) is 6.60. The molecule has 3 unspecified atom stereocenters. The minimum atomic E-state index is 0.678. The molecule has 1 N–H and O–H groups in total. The summed E-state index contributed by atoms with van der Waals surface area (Å²) >= 11 is 0. The van der Waals surface area contributed by atoms with Gasteiger partial charge in [0.15, 0.2) is 0 Å². The van der Waals surface area contributed by atoms with Crippen molar-refractivity contribution in [1.29, 1.82) is 0 Å². The van der Waals surface area contributed by atoms with Crippen LogP contribution in [0.3, 0.4) is 0 Å². The van der Waals surface area contributed by atoms with Crippen LogP contribution in [-0.2, 0) is 0 Å². The molecule has 0 saturated heterocycles. The van der Waals surface area contributed by atoms with Crippen LogP contribution in [0.2, 0.25) is 0 Å². The second kappa shape index (κ2) is 8.28. The third-order valence-electron chi connectivity index (χ3n) is 3.01. The van der Waals surface area contributed by atoms with Crippen LogP contribution in [0.1, 0.15) is 66.7 Å². The summed E-state index contributed by atoms with van der Waals surface area (Å²) in [6.45, 7) is 11.5. The predicted molar refractivity (Wildman–Crippen MR) is 65.7 cm³/mol.